The van der Waals surface area contributed by atoms with Gasteiger partial charge in [0.1, 0.15) is 0 Å². The highest BCUT2D eigenvalue weighted by atomic mass is 32.2. The van der Waals surface area contributed by atoms with E-state index >= 15 is 0 Å². The summed E-state index contributed by atoms with van der Waals surface area (Å²) in [6.45, 7) is 7.07. The van der Waals surface area contributed by atoms with Crippen LogP contribution >= 0.6 is 11.8 Å². The van der Waals surface area contributed by atoms with Gasteiger partial charge in [-0.25, -0.2) is 0 Å². The Labute approximate surface area is 118 Å². The van der Waals surface area contributed by atoms with Crippen molar-refractivity contribution in [3.05, 3.63) is 0 Å². The Balaban J connectivity index is 1.82. The maximum Gasteiger partial charge on any atom is 0.00106 e. The minimum absolute atomic E-state index is 0.687. The standard InChI is InChI=1S/C16H31NS/c1-3-9-17-13-16(8-5-10-18-4-2)12-14-6-7-15(16)11-14/h14-15,17H,3-13H2,1-2H3. The van der Waals surface area contributed by atoms with Crippen molar-refractivity contribution in [2.24, 2.45) is 17.3 Å². The van der Waals surface area contributed by atoms with Gasteiger partial charge in [-0.2, -0.15) is 11.8 Å². The average molecular weight is 269 g/mol. The molecule has 0 amide bonds. The third-order valence-electron chi connectivity index (χ3n) is 5.17. The molecule has 0 saturated heterocycles. The van der Waals surface area contributed by atoms with Gasteiger partial charge in [-0.15, -0.1) is 0 Å². The van der Waals surface area contributed by atoms with Gasteiger partial charge in [-0.3, -0.25) is 0 Å². The molecular weight excluding hydrogens is 238 g/mol. The molecule has 0 aromatic carbocycles. The van der Waals surface area contributed by atoms with Crippen LogP contribution in [0.25, 0.3) is 0 Å². The van der Waals surface area contributed by atoms with Gasteiger partial charge in [0.2, 0.25) is 0 Å². The van der Waals surface area contributed by atoms with Crippen LogP contribution in [-0.2, 0) is 0 Å². The van der Waals surface area contributed by atoms with Crippen LogP contribution in [-0.4, -0.2) is 24.6 Å². The predicted molar refractivity (Wildman–Crippen MR) is 83.3 cm³/mol. The van der Waals surface area contributed by atoms with Crippen molar-refractivity contribution in [3.8, 4) is 0 Å². The second kappa shape index (κ2) is 7.19. The van der Waals surface area contributed by atoms with E-state index in [1.807, 2.05) is 0 Å². The molecule has 3 atom stereocenters. The van der Waals surface area contributed by atoms with Gasteiger partial charge in [-0.1, -0.05) is 20.3 Å². The Hall–Kier alpha value is 0.310. The van der Waals surface area contributed by atoms with Crippen LogP contribution in [0.5, 0.6) is 0 Å². The average Bonchev–Trinajstić information content (AvgIpc) is 2.96. The number of hydrogen-bond acceptors (Lipinski definition) is 2. The molecule has 0 aromatic heterocycles. The summed E-state index contributed by atoms with van der Waals surface area (Å²) in [5.41, 5.74) is 0.687. The summed E-state index contributed by atoms with van der Waals surface area (Å²) < 4.78 is 0. The summed E-state index contributed by atoms with van der Waals surface area (Å²) in [6.07, 6.45) is 10.3. The number of nitrogens with one attached hydrogen (secondary N) is 1. The van der Waals surface area contributed by atoms with Crippen LogP contribution in [0.3, 0.4) is 0 Å². The van der Waals surface area contributed by atoms with Crippen molar-refractivity contribution in [3.63, 3.8) is 0 Å². The van der Waals surface area contributed by atoms with E-state index < -0.39 is 0 Å². The third kappa shape index (κ3) is 3.45. The Bertz CT molecular complexity index is 243. The molecular formula is C16H31NS. The van der Waals surface area contributed by atoms with Gasteiger partial charge in [0.25, 0.3) is 0 Å². The minimum Gasteiger partial charge on any atom is -0.316 e. The fraction of sp³-hybridized carbons (Fsp3) is 1.00. The molecule has 18 heavy (non-hydrogen) atoms. The predicted octanol–water partition coefficient (Wildman–Crippen LogP) is 4.33. The van der Waals surface area contributed by atoms with E-state index in [4.69, 9.17) is 0 Å². The monoisotopic (exact) mass is 269 g/mol. The molecule has 1 N–H and O–H groups in total. The van der Waals surface area contributed by atoms with Gasteiger partial charge in [0.15, 0.2) is 0 Å². The zero-order valence-corrected chi connectivity index (χ0v) is 13.2. The van der Waals surface area contributed by atoms with Crippen LogP contribution in [0.2, 0.25) is 0 Å². The van der Waals surface area contributed by atoms with Crippen molar-refractivity contribution in [1.29, 1.82) is 0 Å². The largest absolute Gasteiger partial charge is 0.316 e. The third-order valence-corrected chi connectivity index (χ3v) is 6.16. The van der Waals surface area contributed by atoms with Gasteiger partial charge in [0, 0.05) is 6.54 Å². The van der Waals surface area contributed by atoms with E-state index in [1.165, 1.54) is 63.1 Å². The van der Waals surface area contributed by atoms with E-state index in [2.05, 4.69) is 30.9 Å². The summed E-state index contributed by atoms with van der Waals surface area (Å²) in [7, 11) is 0. The fourth-order valence-electron chi connectivity index (χ4n) is 4.35. The lowest BCUT2D eigenvalue weighted by atomic mass is 9.70. The number of rotatable bonds is 9. The lowest BCUT2D eigenvalue weighted by Gasteiger charge is -2.38. The summed E-state index contributed by atoms with van der Waals surface area (Å²) in [6, 6.07) is 0. The van der Waals surface area contributed by atoms with Crippen LogP contribution in [0.1, 0.15) is 58.8 Å². The van der Waals surface area contributed by atoms with Gasteiger partial charge >= 0.3 is 0 Å². The van der Waals surface area contributed by atoms with Crippen molar-refractivity contribution in [2.45, 2.75) is 58.8 Å². The van der Waals surface area contributed by atoms with Crippen molar-refractivity contribution in [2.75, 3.05) is 24.6 Å². The molecule has 0 radical (unpaired) electrons. The first kappa shape index (κ1) is 14.7. The number of thioether (sulfide) groups is 1. The molecule has 0 spiro atoms. The van der Waals surface area contributed by atoms with Crippen molar-refractivity contribution in [1.82, 2.24) is 5.32 Å². The van der Waals surface area contributed by atoms with Crippen LogP contribution < -0.4 is 5.32 Å². The summed E-state index contributed by atoms with van der Waals surface area (Å²) in [5, 5.41) is 3.74. The van der Waals surface area contributed by atoms with E-state index in [0.29, 0.717) is 5.41 Å². The first-order valence-corrected chi connectivity index (χ1v) is 9.24. The van der Waals surface area contributed by atoms with Gasteiger partial charge < -0.3 is 5.32 Å². The van der Waals surface area contributed by atoms with Crippen molar-refractivity contribution >= 4 is 11.8 Å². The molecule has 0 heterocycles. The van der Waals surface area contributed by atoms with Crippen LogP contribution in [0.4, 0.5) is 0 Å². The van der Waals surface area contributed by atoms with Crippen LogP contribution in [0, 0.1) is 17.3 Å². The molecule has 2 aliphatic rings. The minimum atomic E-state index is 0.687. The number of fused-ring (bicyclic) bond motifs is 2. The molecule has 3 unspecified atom stereocenters. The van der Waals surface area contributed by atoms with Gasteiger partial charge in [-0.05, 0) is 73.8 Å². The highest BCUT2D eigenvalue weighted by Crippen LogP contribution is 2.57. The summed E-state index contributed by atoms with van der Waals surface area (Å²) in [5.74, 6) is 4.80. The molecule has 0 aromatic rings. The Morgan fingerprint density at radius 2 is 2.17 bits per heavy atom. The molecule has 0 aliphatic heterocycles. The van der Waals surface area contributed by atoms with E-state index in [0.717, 1.165) is 11.8 Å². The Kier molecular flexibility index (Phi) is 5.88. The highest BCUT2D eigenvalue weighted by molar-refractivity contribution is 7.99. The Morgan fingerprint density at radius 1 is 1.28 bits per heavy atom. The topological polar surface area (TPSA) is 12.0 Å². The van der Waals surface area contributed by atoms with Gasteiger partial charge in [0.05, 0.1) is 0 Å². The molecule has 2 saturated carbocycles. The molecule has 2 heteroatoms. The normalized spacial score (nSPS) is 34.3. The van der Waals surface area contributed by atoms with E-state index in [-0.39, 0.29) is 0 Å². The smallest absolute Gasteiger partial charge is 0.00106 e. The van der Waals surface area contributed by atoms with E-state index in [9.17, 15) is 0 Å². The van der Waals surface area contributed by atoms with E-state index in [1.54, 1.807) is 6.42 Å². The first-order valence-electron chi connectivity index (χ1n) is 8.09. The van der Waals surface area contributed by atoms with Crippen molar-refractivity contribution < 1.29 is 0 Å². The summed E-state index contributed by atoms with van der Waals surface area (Å²) in [4.78, 5) is 0. The molecule has 2 bridgehead atoms. The second-order valence-electron chi connectivity index (χ2n) is 6.42. The Morgan fingerprint density at radius 3 is 2.78 bits per heavy atom. The molecule has 2 fully saturated rings. The lowest BCUT2D eigenvalue weighted by Crippen LogP contribution is -2.39. The molecule has 106 valence electrons. The lowest BCUT2D eigenvalue weighted by molar-refractivity contribution is 0.142. The number of hydrogen-bond donors (Lipinski definition) is 1. The molecule has 2 rings (SSSR count). The zero-order chi connectivity index (χ0) is 12.8. The summed E-state index contributed by atoms with van der Waals surface area (Å²) >= 11 is 2.12. The molecule has 1 nitrogen and oxygen atoms in total. The zero-order valence-electron chi connectivity index (χ0n) is 12.3. The second-order valence-corrected chi connectivity index (χ2v) is 7.81. The highest BCUT2D eigenvalue weighted by Gasteiger charge is 2.49. The maximum atomic E-state index is 3.74. The first-order chi connectivity index (χ1) is 8.80. The SMILES string of the molecule is CCCNCC1(CCCSCC)CC2CCC1C2. The fourth-order valence-corrected chi connectivity index (χ4v) is 4.99. The molecule has 2 aliphatic carbocycles. The van der Waals surface area contributed by atoms with Crippen LogP contribution in [0.15, 0.2) is 0 Å². The quantitative estimate of drug-likeness (QED) is 0.625. The maximum absolute atomic E-state index is 3.74.